The lowest BCUT2D eigenvalue weighted by Crippen LogP contribution is -2.16. The molecule has 0 spiro atoms. The van der Waals surface area contributed by atoms with Crippen LogP contribution in [0.5, 0.6) is 0 Å². The number of amidine groups is 1. The average Bonchev–Trinajstić information content (AvgIpc) is 2.16. The second-order valence-corrected chi connectivity index (χ2v) is 3.77. The molecule has 0 aromatic rings. The van der Waals surface area contributed by atoms with Crippen LogP contribution in [0.15, 0.2) is 17.3 Å². The first kappa shape index (κ1) is 12.0. The van der Waals surface area contributed by atoms with E-state index in [0.717, 1.165) is 12.8 Å². The standard InChI is InChI=1S/C11H20N2O2/c12-11(8-9-14)13-15-10-6-4-2-1-3-5-7-10/h4,6,10,14H,1-3,5,7-9H2,(H2,12,13)/b6-4-. The molecule has 86 valence electrons. The molecular weight excluding hydrogens is 192 g/mol. The van der Waals surface area contributed by atoms with Crippen LogP contribution in [0, 0.1) is 0 Å². The Kier molecular flexibility index (Phi) is 5.85. The van der Waals surface area contributed by atoms with Crippen LogP contribution in [0.3, 0.4) is 0 Å². The van der Waals surface area contributed by atoms with Crippen molar-refractivity contribution in [3.63, 3.8) is 0 Å². The molecule has 0 aromatic heterocycles. The molecule has 4 heteroatoms. The fraction of sp³-hybridized carbons (Fsp3) is 0.727. The van der Waals surface area contributed by atoms with Gasteiger partial charge in [-0.1, -0.05) is 17.7 Å². The van der Waals surface area contributed by atoms with Gasteiger partial charge in [0.05, 0.1) is 6.61 Å². The highest BCUT2D eigenvalue weighted by Gasteiger charge is 2.07. The molecule has 0 fully saturated rings. The van der Waals surface area contributed by atoms with Gasteiger partial charge in [0.2, 0.25) is 0 Å². The molecular formula is C11H20N2O2. The maximum atomic E-state index is 8.63. The summed E-state index contributed by atoms with van der Waals surface area (Å²) in [6.07, 6.45) is 10.4. The minimum absolute atomic E-state index is 0.0131. The number of hydrogen-bond donors (Lipinski definition) is 2. The van der Waals surface area contributed by atoms with E-state index in [-0.39, 0.29) is 12.7 Å². The molecule has 1 rings (SSSR count). The van der Waals surface area contributed by atoms with Crippen LogP contribution in [-0.4, -0.2) is 23.7 Å². The van der Waals surface area contributed by atoms with Crippen LogP contribution in [0.25, 0.3) is 0 Å². The van der Waals surface area contributed by atoms with E-state index in [9.17, 15) is 0 Å². The number of rotatable bonds is 4. The molecule has 0 aliphatic heterocycles. The van der Waals surface area contributed by atoms with Gasteiger partial charge in [-0.25, -0.2) is 0 Å². The molecule has 0 radical (unpaired) electrons. The van der Waals surface area contributed by atoms with E-state index < -0.39 is 0 Å². The van der Waals surface area contributed by atoms with Crippen LogP contribution in [-0.2, 0) is 4.84 Å². The largest absolute Gasteiger partial charge is 0.396 e. The molecule has 0 amide bonds. The Morgan fingerprint density at radius 3 is 3.13 bits per heavy atom. The van der Waals surface area contributed by atoms with Gasteiger partial charge in [-0.05, 0) is 31.8 Å². The zero-order valence-electron chi connectivity index (χ0n) is 9.06. The van der Waals surface area contributed by atoms with Crippen molar-refractivity contribution in [3.8, 4) is 0 Å². The Balaban J connectivity index is 2.34. The van der Waals surface area contributed by atoms with Gasteiger partial charge >= 0.3 is 0 Å². The summed E-state index contributed by atoms with van der Waals surface area (Å²) >= 11 is 0. The third kappa shape index (κ3) is 5.42. The zero-order chi connectivity index (χ0) is 10.9. The SMILES string of the molecule is N/C(CCO)=N\OC1/C=C\CCCCC1. The van der Waals surface area contributed by atoms with E-state index in [4.69, 9.17) is 15.7 Å². The van der Waals surface area contributed by atoms with Crippen molar-refractivity contribution in [2.45, 2.75) is 44.6 Å². The summed E-state index contributed by atoms with van der Waals surface area (Å²) in [5, 5.41) is 12.4. The average molecular weight is 212 g/mol. The minimum Gasteiger partial charge on any atom is -0.396 e. The maximum Gasteiger partial charge on any atom is 0.145 e. The Bertz CT molecular complexity index is 227. The molecule has 0 saturated heterocycles. The van der Waals surface area contributed by atoms with Gasteiger partial charge in [0, 0.05) is 6.42 Å². The predicted molar refractivity (Wildman–Crippen MR) is 60.4 cm³/mol. The van der Waals surface area contributed by atoms with E-state index in [1.165, 1.54) is 19.3 Å². The van der Waals surface area contributed by atoms with Crippen molar-refractivity contribution in [1.82, 2.24) is 0 Å². The maximum absolute atomic E-state index is 8.63. The summed E-state index contributed by atoms with van der Waals surface area (Å²) in [6, 6.07) is 0. The van der Waals surface area contributed by atoms with Crippen LogP contribution in [0.2, 0.25) is 0 Å². The lowest BCUT2D eigenvalue weighted by molar-refractivity contribution is 0.0823. The van der Waals surface area contributed by atoms with Gasteiger partial charge in [0.15, 0.2) is 0 Å². The molecule has 0 heterocycles. The van der Waals surface area contributed by atoms with Crippen LogP contribution in [0.1, 0.15) is 38.5 Å². The molecule has 1 unspecified atom stereocenters. The molecule has 1 aliphatic carbocycles. The van der Waals surface area contributed by atoms with E-state index in [2.05, 4.69) is 17.3 Å². The van der Waals surface area contributed by atoms with Crippen molar-refractivity contribution in [2.24, 2.45) is 10.9 Å². The predicted octanol–water partition coefficient (Wildman–Crippen LogP) is 1.55. The Morgan fingerprint density at radius 2 is 2.33 bits per heavy atom. The minimum atomic E-state index is 0.0131. The molecule has 1 aliphatic rings. The first-order chi connectivity index (χ1) is 7.33. The number of aliphatic hydroxyl groups is 1. The number of nitrogens with two attached hydrogens (primary N) is 1. The van der Waals surface area contributed by atoms with Crippen molar-refractivity contribution in [2.75, 3.05) is 6.61 Å². The number of hydrogen-bond acceptors (Lipinski definition) is 3. The summed E-state index contributed by atoms with van der Waals surface area (Å²) < 4.78 is 0. The molecule has 15 heavy (non-hydrogen) atoms. The first-order valence-electron chi connectivity index (χ1n) is 5.58. The van der Waals surface area contributed by atoms with Crippen LogP contribution >= 0.6 is 0 Å². The van der Waals surface area contributed by atoms with Gasteiger partial charge in [-0.3, -0.25) is 0 Å². The first-order valence-corrected chi connectivity index (χ1v) is 5.58. The smallest absolute Gasteiger partial charge is 0.145 e. The van der Waals surface area contributed by atoms with Gasteiger partial charge in [0.25, 0.3) is 0 Å². The van der Waals surface area contributed by atoms with Gasteiger partial charge in [-0.15, -0.1) is 0 Å². The Hall–Kier alpha value is -1.03. The van der Waals surface area contributed by atoms with Crippen LogP contribution in [0.4, 0.5) is 0 Å². The summed E-state index contributed by atoms with van der Waals surface area (Å²) in [7, 11) is 0. The van der Waals surface area contributed by atoms with Crippen molar-refractivity contribution in [3.05, 3.63) is 12.2 Å². The lowest BCUT2D eigenvalue weighted by Gasteiger charge is -2.13. The third-order valence-corrected chi connectivity index (χ3v) is 2.38. The second-order valence-electron chi connectivity index (χ2n) is 3.77. The topological polar surface area (TPSA) is 67.8 Å². The fourth-order valence-corrected chi connectivity index (χ4v) is 1.51. The highest BCUT2D eigenvalue weighted by molar-refractivity contribution is 5.79. The number of nitrogens with zero attached hydrogens (tertiary/aromatic N) is 1. The highest BCUT2D eigenvalue weighted by Crippen LogP contribution is 2.14. The zero-order valence-corrected chi connectivity index (χ0v) is 9.06. The summed E-state index contributed by atoms with van der Waals surface area (Å²) in [5.74, 6) is 0.355. The van der Waals surface area contributed by atoms with Crippen molar-refractivity contribution < 1.29 is 9.94 Å². The van der Waals surface area contributed by atoms with Crippen molar-refractivity contribution >= 4 is 5.84 Å². The molecule has 3 N–H and O–H groups in total. The number of oxime groups is 1. The van der Waals surface area contributed by atoms with Crippen molar-refractivity contribution in [1.29, 1.82) is 0 Å². The van der Waals surface area contributed by atoms with Gasteiger partial charge in [0.1, 0.15) is 11.9 Å². The quantitative estimate of drug-likeness (QED) is 0.321. The second kappa shape index (κ2) is 7.29. The Morgan fingerprint density at radius 1 is 1.47 bits per heavy atom. The Labute approximate surface area is 90.8 Å². The van der Waals surface area contributed by atoms with E-state index in [1.54, 1.807) is 0 Å². The molecule has 0 saturated carbocycles. The molecule has 0 aromatic carbocycles. The van der Waals surface area contributed by atoms with E-state index in [0.29, 0.717) is 12.3 Å². The molecule has 1 atom stereocenters. The normalized spacial score (nSPS) is 25.4. The summed E-state index contributed by atoms with van der Waals surface area (Å²) in [5.41, 5.74) is 5.51. The molecule has 0 bridgehead atoms. The highest BCUT2D eigenvalue weighted by atomic mass is 16.6. The summed E-state index contributed by atoms with van der Waals surface area (Å²) in [4.78, 5) is 5.30. The monoisotopic (exact) mass is 212 g/mol. The lowest BCUT2D eigenvalue weighted by atomic mass is 10.0. The van der Waals surface area contributed by atoms with E-state index >= 15 is 0 Å². The summed E-state index contributed by atoms with van der Waals surface area (Å²) in [6.45, 7) is 0.0131. The van der Waals surface area contributed by atoms with E-state index in [1.807, 2.05) is 0 Å². The fourth-order valence-electron chi connectivity index (χ4n) is 1.51. The van der Waals surface area contributed by atoms with Gasteiger partial charge in [-0.2, -0.15) is 0 Å². The third-order valence-electron chi connectivity index (χ3n) is 2.38. The van der Waals surface area contributed by atoms with Crippen LogP contribution < -0.4 is 5.73 Å². The number of aliphatic hydroxyl groups excluding tert-OH is 1. The van der Waals surface area contributed by atoms with Gasteiger partial charge < -0.3 is 15.7 Å². The molecule has 4 nitrogen and oxygen atoms in total. The number of allylic oxidation sites excluding steroid dienone is 1.